The molecular formula is C78H137N11O2. The minimum atomic E-state index is 0.277. The van der Waals surface area contributed by atoms with Crippen molar-refractivity contribution in [2.24, 2.45) is 44.8 Å². The van der Waals surface area contributed by atoms with Gasteiger partial charge in [-0.1, -0.05) is 39.0 Å². The van der Waals surface area contributed by atoms with Crippen molar-refractivity contribution in [3.8, 4) is 5.88 Å². The van der Waals surface area contributed by atoms with Gasteiger partial charge in [0.1, 0.15) is 6.23 Å². The molecule has 0 aromatic carbocycles. The number of hydrogen-bond donors (Lipinski definition) is 6. The van der Waals surface area contributed by atoms with Gasteiger partial charge in [-0.3, -0.25) is 14.9 Å². The Balaban J connectivity index is 0.000000104. The predicted octanol–water partition coefficient (Wildman–Crippen LogP) is 13.9. The van der Waals surface area contributed by atoms with Crippen LogP contribution in [0, 0.1) is 58.7 Å². The molecule has 17 fully saturated rings. The minimum absolute atomic E-state index is 0.277. The lowest BCUT2D eigenvalue weighted by molar-refractivity contribution is -0.0803. The van der Waals surface area contributed by atoms with Crippen LogP contribution < -0.4 is 36.6 Å². The van der Waals surface area contributed by atoms with Crippen LogP contribution in [0.25, 0.3) is 0 Å². The van der Waals surface area contributed by atoms with Crippen LogP contribution in [-0.2, 0) is 24.1 Å². The standard InChI is InChI=1S/C9H18N2.C8H12N2.C8H9NO.3C8H15N.C8H14.C7H13NO.2C7H13N/c1-8-7-11-5-3-2-4-9(11)6-10-8;1-7-6-9-10-5-3-2-4-8(7)10;1-6-4-7-2-3-10-8(7)9-5-6;2*1-7-5-8(6-9-7)3-2-4-8;1-9-6-5-8(7-9)3-2-4-8;1-7-5-8(6-7)3-2-4-8;1-6-8-5-7(9-6)3-2-4-7;1-5-7-2-6(3-7)4-8-5;1-6-4-7(2-3-7)5-8-6/h8-10H,2-7H2,1H3;6H,2-5H2,1H3;4-5H,2-3H2,1H3;2*7,9H,2-6H2,1H3;2-7H2,1H3;7H,2-6H2,1H3;6,8H,2-5H2,1H3;5-8H,2-4H2,1H3;6,8H,2-5H2,1H3/t8-,9?;;;2*7-;;;6-;5-,6?,7?;6-/m0..00..100/s1. The average Bonchev–Trinajstić information content (AvgIpc) is 1.63. The molecule has 91 heavy (non-hydrogen) atoms. The van der Waals surface area contributed by atoms with E-state index in [-0.39, 0.29) is 5.60 Å². The number of nitrogens with zero attached hydrogens (tertiary/aromatic N) is 5. The summed E-state index contributed by atoms with van der Waals surface area (Å²) in [6, 6.07) is 6.92. The molecular weight excluding hydrogens is 1120 g/mol. The third-order valence-electron chi connectivity index (χ3n) is 26.4. The molecule has 13 heteroatoms. The van der Waals surface area contributed by atoms with E-state index in [1.165, 1.54) is 255 Å². The smallest absolute Gasteiger partial charge is 0.216 e. The first-order valence-corrected chi connectivity index (χ1v) is 38.9. The van der Waals surface area contributed by atoms with Gasteiger partial charge in [0, 0.05) is 112 Å². The van der Waals surface area contributed by atoms with E-state index in [2.05, 4.69) is 125 Å². The highest BCUT2D eigenvalue weighted by Crippen LogP contribution is 2.58. The predicted molar refractivity (Wildman–Crippen MR) is 377 cm³/mol. The number of likely N-dealkylation sites (tertiary alicyclic amines) is 1. The molecule has 13 heterocycles. The third-order valence-corrected chi connectivity index (χ3v) is 26.4. The Labute approximate surface area is 556 Å². The number of piperidine rings is 3. The van der Waals surface area contributed by atoms with Crippen molar-refractivity contribution in [1.29, 1.82) is 0 Å². The van der Waals surface area contributed by atoms with Gasteiger partial charge in [-0.25, -0.2) is 4.98 Å². The summed E-state index contributed by atoms with van der Waals surface area (Å²) in [6.45, 7) is 34.9. The number of aromatic nitrogens is 3. The van der Waals surface area contributed by atoms with Crippen LogP contribution in [0.15, 0.2) is 18.5 Å². The van der Waals surface area contributed by atoms with Crippen molar-refractivity contribution in [3.63, 3.8) is 0 Å². The van der Waals surface area contributed by atoms with E-state index in [0.29, 0.717) is 12.3 Å². The van der Waals surface area contributed by atoms with Gasteiger partial charge in [0.2, 0.25) is 5.88 Å². The third kappa shape index (κ3) is 19.1. The van der Waals surface area contributed by atoms with Crippen molar-refractivity contribution in [2.45, 2.75) is 322 Å². The molecule has 11 aliphatic heterocycles. The number of nitrogens with one attached hydrogen (secondary N) is 6. The van der Waals surface area contributed by atoms with Crippen LogP contribution in [0.2, 0.25) is 0 Å². The monoisotopic (exact) mass is 1260 g/mol. The number of fused-ring (bicyclic) bond motifs is 5. The second kappa shape index (κ2) is 31.5. The zero-order valence-corrected chi connectivity index (χ0v) is 60.2. The maximum absolute atomic E-state index is 5.67. The molecule has 1 unspecified atom stereocenters. The van der Waals surface area contributed by atoms with Crippen LogP contribution in [0.3, 0.4) is 0 Å². The van der Waals surface area contributed by atoms with Gasteiger partial charge in [0.05, 0.1) is 18.4 Å². The summed E-state index contributed by atoms with van der Waals surface area (Å²) in [5, 5.41) is 25.1. The van der Waals surface area contributed by atoms with Gasteiger partial charge >= 0.3 is 0 Å². The second-order valence-electron chi connectivity index (χ2n) is 34.8. The molecule has 0 radical (unpaired) electrons. The maximum Gasteiger partial charge on any atom is 0.216 e. The summed E-state index contributed by atoms with van der Waals surface area (Å²) in [5.41, 5.74) is 9.64. The van der Waals surface area contributed by atoms with Gasteiger partial charge < -0.3 is 41.0 Å². The summed E-state index contributed by atoms with van der Waals surface area (Å²) in [7, 11) is 2.24. The number of aryl methyl sites for hydroxylation is 3. The van der Waals surface area contributed by atoms with E-state index in [0.717, 1.165) is 107 Å². The molecule has 6 N–H and O–H groups in total. The van der Waals surface area contributed by atoms with Crippen LogP contribution in [-0.4, -0.2) is 152 Å². The van der Waals surface area contributed by atoms with E-state index in [1.807, 2.05) is 19.3 Å². The zero-order valence-electron chi connectivity index (χ0n) is 60.2. The Hall–Kier alpha value is -2.20. The molecule has 9 saturated heterocycles. The van der Waals surface area contributed by atoms with E-state index >= 15 is 0 Å². The number of piperazine rings is 1. The quantitative estimate of drug-likeness (QED) is 0.150. The molecule has 2 aromatic heterocycles. The molecule has 13 nitrogen and oxygen atoms in total. The fourth-order valence-electron chi connectivity index (χ4n) is 19.6. The van der Waals surface area contributed by atoms with E-state index in [9.17, 15) is 0 Å². The number of rotatable bonds is 0. The van der Waals surface area contributed by atoms with Gasteiger partial charge in [-0.2, -0.15) is 5.10 Å². The topological polar surface area (TPSA) is 128 Å². The molecule has 0 amide bonds. The summed E-state index contributed by atoms with van der Waals surface area (Å²) < 4.78 is 13.1. The number of hydrogen-bond acceptors (Lipinski definition) is 12. The second-order valence-corrected chi connectivity index (χ2v) is 34.8. The SMILES string of the molecule is CC1CC2(CCC2)C1.CN1CCC2(CCC2)C1.C[C@@H]1NCC2(CCC2)O1.C[C@@H]1NCC2CC1C2.C[C@H]1CC2(CC2)CN1.C[C@H]1CC2(CCC2)CN1.C[C@H]1CC2(CCC2)CN1.C[C@H]1CN2CCCCC2CN1.Cc1cnc2c(c1)CCO2.Cc1cnn2c1CCCC2. The lowest BCUT2D eigenvalue weighted by atomic mass is 9.52. The Bertz CT molecular complexity index is 2390. The first-order chi connectivity index (χ1) is 43.8. The van der Waals surface area contributed by atoms with E-state index in [4.69, 9.17) is 9.47 Å². The van der Waals surface area contributed by atoms with Gasteiger partial charge in [-0.15, -0.1) is 0 Å². The molecule has 21 rings (SSSR count). The highest BCUT2D eigenvalue weighted by Gasteiger charge is 2.48. The van der Waals surface area contributed by atoms with Crippen LogP contribution >= 0.6 is 0 Å². The van der Waals surface area contributed by atoms with Crippen LogP contribution in [0.1, 0.15) is 263 Å². The molecule has 19 aliphatic rings. The normalized spacial score (nSPS) is 34.4. The minimum Gasteiger partial charge on any atom is -0.477 e. The zero-order chi connectivity index (χ0) is 63.7. The molecule has 7 atom stereocenters. The summed E-state index contributed by atoms with van der Waals surface area (Å²) in [5.74, 6) is 3.98. The fraction of sp³-hybridized carbons (Fsp3) is 0.897. The Morgan fingerprint density at radius 3 is 1.55 bits per heavy atom. The molecule has 8 aliphatic carbocycles. The van der Waals surface area contributed by atoms with Gasteiger partial charge in [0.15, 0.2) is 0 Å². The van der Waals surface area contributed by atoms with Crippen molar-refractivity contribution in [1.82, 2.24) is 56.5 Å². The Morgan fingerprint density at radius 2 is 1.14 bits per heavy atom. The van der Waals surface area contributed by atoms with Crippen molar-refractivity contribution >= 4 is 0 Å². The molecule has 8 saturated carbocycles. The Kier molecular flexibility index (Phi) is 24.3. The summed E-state index contributed by atoms with van der Waals surface area (Å²) in [6.07, 6.45) is 50.1. The Morgan fingerprint density at radius 1 is 0.538 bits per heavy atom. The molecule has 6 spiro atoms. The van der Waals surface area contributed by atoms with Crippen molar-refractivity contribution < 1.29 is 9.47 Å². The number of ether oxygens (including phenoxy) is 2. The molecule has 2 aromatic rings. The maximum atomic E-state index is 5.67. The highest BCUT2D eigenvalue weighted by atomic mass is 16.5. The van der Waals surface area contributed by atoms with Crippen LogP contribution in [0.4, 0.5) is 0 Å². The first kappa shape index (κ1) is 70.1. The van der Waals surface area contributed by atoms with E-state index in [1.54, 1.807) is 25.7 Å². The highest BCUT2D eigenvalue weighted by molar-refractivity contribution is 5.32. The van der Waals surface area contributed by atoms with E-state index < -0.39 is 0 Å². The largest absolute Gasteiger partial charge is 0.477 e. The summed E-state index contributed by atoms with van der Waals surface area (Å²) in [4.78, 5) is 9.27. The number of pyridine rings is 1. The molecule has 2 bridgehead atoms. The summed E-state index contributed by atoms with van der Waals surface area (Å²) >= 11 is 0. The fourth-order valence-corrected chi connectivity index (χ4v) is 19.6. The van der Waals surface area contributed by atoms with Gasteiger partial charge in [0.25, 0.3) is 0 Å². The molecule has 516 valence electrons. The van der Waals surface area contributed by atoms with Crippen molar-refractivity contribution in [3.05, 3.63) is 40.8 Å². The van der Waals surface area contributed by atoms with Gasteiger partial charge in [-0.05, 0) is 311 Å². The first-order valence-electron chi connectivity index (χ1n) is 38.9. The van der Waals surface area contributed by atoms with Crippen LogP contribution in [0.5, 0.6) is 5.88 Å². The lowest BCUT2D eigenvalue weighted by Gasteiger charge is -2.53. The van der Waals surface area contributed by atoms with Crippen molar-refractivity contribution in [2.75, 3.05) is 79.1 Å². The average molecular weight is 1260 g/mol. The lowest BCUT2D eigenvalue weighted by Crippen LogP contribution is -2.56.